The van der Waals surface area contributed by atoms with Crippen LogP contribution in [0.25, 0.3) is 0 Å². The van der Waals surface area contributed by atoms with Crippen molar-refractivity contribution in [2.24, 2.45) is 0 Å². The first-order chi connectivity index (χ1) is 18.3. The Kier molecular flexibility index (Phi) is 8.70. The Balaban J connectivity index is 1.40. The minimum Gasteiger partial charge on any atom is -0.497 e. The first-order valence-corrected chi connectivity index (χ1v) is 13.6. The topological polar surface area (TPSA) is 114 Å². The van der Waals surface area contributed by atoms with E-state index in [1.165, 1.54) is 37.1 Å². The predicted octanol–water partition coefficient (Wildman–Crippen LogP) is 4.43. The van der Waals surface area contributed by atoms with E-state index < -0.39 is 5.97 Å². The van der Waals surface area contributed by atoms with Gasteiger partial charge < -0.3 is 25.0 Å². The largest absolute Gasteiger partial charge is 0.497 e. The number of amides is 3. The van der Waals surface area contributed by atoms with Gasteiger partial charge >= 0.3 is 5.97 Å². The number of fused-ring (bicyclic) bond motifs is 1. The number of thiophene rings is 1. The Bertz CT molecular complexity index is 1390. The average molecular weight is 554 g/mol. The third-order valence-corrected chi connectivity index (χ3v) is 8.06. The number of hydrogen-bond donors (Lipinski definition) is 2. The van der Waals surface area contributed by atoms with Crippen LogP contribution in [-0.4, -0.2) is 55.1 Å². The van der Waals surface area contributed by atoms with Gasteiger partial charge in [0, 0.05) is 34.5 Å². The number of nitrogens with one attached hydrogen (secondary N) is 2. The van der Waals surface area contributed by atoms with Gasteiger partial charge in [0.25, 0.3) is 5.91 Å². The molecule has 198 valence electrons. The number of thioether (sulfide) groups is 1. The number of anilines is 2. The van der Waals surface area contributed by atoms with Crippen LogP contribution in [0.5, 0.6) is 5.75 Å². The van der Waals surface area contributed by atoms with Crippen molar-refractivity contribution >= 4 is 57.5 Å². The van der Waals surface area contributed by atoms with Gasteiger partial charge in [0.1, 0.15) is 10.8 Å². The lowest BCUT2D eigenvalue weighted by atomic mass is 10.0. The average Bonchev–Trinajstić information content (AvgIpc) is 3.28. The van der Waals surface area contributed by atoms with Crippen LogP contribution in [-0.2, 0) is 27.3 Å². The first-order valence-electron chi connectivity index (χ1n) is 11.8. The lowest BCUT2D eigenvalue weighted by Gasteiger charge is -2.25. The van der Waals surface area contributed by atoms with E-state index in [1.807, 2.05) is 6.07 Å². The van der Waals surface area contributed by atoms with E-state index in [9.17, 15) is 19.2 Å². The molecule has 2 heterocycles. The fourth-order valence-electron chi connectivity index (χ4n) is 4.02. The number of ether oxygens (including phenoxy) is 2. The van der Waals surface area contributed by atoms with E-state index in [2.05, 4.69) is 10.6 Å². The quantitative estimate of drug-likeness (QED) is 0.313. The maximum Gasteiger partial charge on any atom is 0.341 e. The van der Waals surface area contributed by atoms with Gasteiger partial charge in [-0.15, -0.1) is 23.1 Å². The summed E-state index contributed by atoms with van der Waals surface area (Å²) in [6, 6.07) is 14.1. The molecule has 9 nitrogen and oxygen atoms in total. The Morgan fingerprint density at radius 1 is 1.05 bits per heavy atom. The summed E-state index contributed by atoms with van der Waals surface area (Å²) in [7, 11) is 2.84. The zero-order chi connectivity index (χ0) is 27.2. The predicted molar refractivity (Wildman–Crippen MR) is 147 cm³/mol. The van der Waals surface area contributed by atoms with Gasteiger partial charge in [-0.25, -0.2) is 4.79 Å². The molecule has 0 fully saturated rings. The molecular weight excluding hydrogens is 526 g/mol. The summed E-state index contributed by atoms with van der Waals surface area (Å²) in [4.78, 5) is 53.1. The third-order valence-electron chi connectivity index (χ3n) is 5.94. The van der Waals surface area contributed by atoms with Crippen molar-refractivity contribution in [1.29, 1.82) is 0 Å². The molecular formula is C27H27N3O6S2. The molecule has 0 saturated heterocycles. The maximum absolute atomic E-state index is 12.8. The van der Waals surface area contributed by atoms with Gasteiger partial charge in [0.15, 0.2) is 0 Å². The molecule has 11 heteroatoms. The Labute approximate surface area is 228 Å². The number of nitrogens with zero attached hydrogens (tertiary/aromatic N) is 1. The summed E-state index contributed by atoms with van der Waals surface area (Å²) in [6.07, 6.45) is 0.523. The van der Waals surface area contributed by atoms with Crippen LogP contribution in [0.4, 0.5) is 10.7 Å². The van der Waals surface area contributed by atoms with Crippen molar-refractivity contribution in [1.82, 2.24) is 4.90 Å². The van der Waals surface area contributed by atoms with Gasteiger partial charge in [0.05, 0.1) is 32.1 Å². The lowest BCUT2D eigenvalue weighted by Crippen LogP contribution is -2.33. The summed E-state index contributed by atoms with van der Waals surface area (Å²) < 4.78 is 10.1. The summed E-state index contributed by atoms with van der Waals surface area (Å²) >= 11 is 2.60. The molecule has 0 bridgehead atoms. The third kappa shape index (κ3) is 6.35. The summed E-state index contributed by atoms with van der Waals surface area (Å²) in [5, 5.41) is 6.13. The molecule has 3 aromatic rings. The molecule has 2 aromatic carbocycles. The van der Waals surface area contributed by atoms with E-state index in [4.69, 9.17) is 9.47 Å². The second kappa shape index (κ2) is 12.1. The molecule has 1 aliphatic heterocycles. The van der Waals surface area contributed by atoms with Gasteiger partial charge in [0.2, 0.25) is 11.8 Å². The molecule has 0 aliphatic carbocycles. The van der Waals surface area contributed by atoms with Crippen LogP contribution in [0.2, 0.25) is 0 Å². The fourth-order valence-corrected chi connectivity index (χ4v) is 6.04. The highest BCUT2D eigenvalue weighted by Gasteiger charge is 2.30. The van der Waals surface area contributed by atoms with Crippen LogP contribution in [0.1, 0.15) is 38.1 Å². The lowest BCUT2D eigenvalue weighted by molar-refractivity contribution is -0.129. The van der Waals surface area contributed by atoms with Crippen molar-refractivity contribution in [3.8, 4) is 5.75 Å². The molecule has 2 N–H and O–H groups in total. The van der Waals surface area contributed by atoms with Crippen molar-refractivity contribution < 1.29 is 28.7 Å². The van der Waals surface area contributed by atoms with Crippen molar-refractivity contribution in [3.05, 3.63) is 70.1 Å². The second-order valence-corrected chi connectivity index (χ2v) is 10.6. The monoisotopic (exact) mass is 553 g/mol. The van der Waals surface area contributed by atoms with Crippen LogP contribution in [0, 0.1) is 0 Å². The molecule has 0 saturated carbocycles. The Hall–Kier alpha value is -3.83. The highest BCUT2D eigenvalue weighted by atomic mass is 32.2. The Morgan fingerprint density at radius 2 is 1.84 bits per heavy atom. The van der Waals surface area contributed by atoms with Gasteiger partial charge in [-0.1, -0.05) is 12.1 Å². The summed E-state index contributed by atoms with van der Waals surface area (Å²) in [5.41, 5.74) is 2.24. The number of rotatable bonds is 8. The second-order valence-electron chi connectivity index (χ2n) is 8.44. The summed E-state index contributed by atoms with van der Waals surface area (Å²) in [6.45, 7) is 2.42. The summed E-state index contributed by atoms with van der Waals surface area (Å²) in [5.74, 6) is -0.423. The minimum atomic E-state index is -0.513. The molecule has 38 heavy (non-hydrogen) atoms. The number of methoxy groups -OCH3 is 2. The standard InChI is InChI=1S/C27H27N3O6S2/c1-16(31)30-11-10-21-22(14-30)38-26(24(21)27(34)36-3)29-23(32)15-37-20-9-5-7-18(13-20)28-25(33)17-6-4-8-19(12-17)35-2/h4-9,12-13H,10-11,14-15H2,1-3H3,(H,28,33)(H,29,32). The van der Waals surface area contributed by atoms with E-state index >= 15 is 0 Å². The molecule has 1 aliphatic rings. The number of esters is 1. The van der Waals surface area contributed by atoms with Gasteiger partial charge in [-0.2, -0.15) is 0 Å². The highest BCUT2D eigenvalue weighted by Crippen LogP contribution is 2.38. The molecule has 4 rings (SSSR count). The molecule has 0 unspecified atom stereocenters. The zero-order valence-corrected chi connectivity index (χ0v) is 22.8. The maximum atomic E-state index is 12.8. The van der Waals surface area contributed by atoms with Crippen LogP contribution in [0.3, 0.4) is 0 Å². The highest BCUT2D eigenvalue weighted by molar-refractivity contribution is 8.00. The van der Waals surface area contributed by atoms with E-state index in [-0.39, 0.29) is 23.5 Å². The normalized spacial score (nSPS) is 12.3. The molecule has 1 aromatic heterocycles. The molecule has 3 amide bonds. The van der Waals surface area contributed by atoms with Crippen molar-refractivity contribution in [2.45, 2.75) is 24.8 Å². The molecule has 0 spiro atoms. The zero-order valence-electron chi connectivity index (χ0n) is 21.2. The fraction of sp³-hybridized carbons (Fsp3) is 0.259. The number of hydrogen-bond acceptors (Lipinski definition) is 8. The van der Waals surface area contributed by atoms with Gasteiger partial charge in [-0.05, 0) is 48.4 Å². The number of carbonyl (C=O) groups is 4. The van der Waals surface area contributed by atoms with Gasteiger partial charge in [-0.3, -0.25) is 14.4 Å². The van der Waals surface area contributed by atoms with Crippen LogP contribution < -0.4 is 15.4 Å². The number of benzene rings is 2. The molecule has 0 radical (unpaired) electrons. The first kappa shape index (κ1) is 27.2. The van der Waals surface area contributed by atoms with Crippen LogP contribution in [0.15, 0.2) is 53.4 Å². The van der Waals surface area contributed by atoms with E-state index in [0.717, 1.165) is 15.3 Å². The Morgan fingerprint density at radius 3 is 2.58 bits per heavy atom. The van der Waals surface area contributed by atoms with Crippen molar-refractivity contribution in [3.63, 3.8) is 0 Å². The number of carbonyl (C=O) groups excluding carboxylic acids is 4. The van der Waals surface area contributed by atoms with Crippen molar-refractivity contribution in [2.75, 3.05) is 37.2 Å². The smallest absolute Gasteiger partial charge is 0.341 e. The molecule has 0 atom stereocenters. The SMILES string of the molecule is COC(=O)c1c(NC(=O)CSc2cccc(NC(=O)c3cccc(OC)c3)c2)sc2c1CCN(C(C)=O)C2. The van der Waals surface area contributed by atoms with E-state index in [0.29, 0.717) is 47.1 Å². The van der Waals surface area contributed by atoms with Crippen LogP contribution >= 0.6 is 23.1 Å². The minimum absolute atomic E-state index is 0.0347. The van der Waals surface area contributed by atoms with E-state index in [1.54, 1.807) is 54.5 Å².